The first-order valence-electron chi connectivity index (χ1n) is 12.1. The van der Waals surface area contributed by atoms with Gasteiger partial charge < -0.3 is 19.7 Å². The predicted octanol–water partition coefficient (Wildman–Crippen LogP) is 3.51. The van der Waals surface area contributed by atoms with Gasteiger partial charge in [0, 0.05) is 19.7 Å². The summed E-state index contributed by atoms with van der Waals surface area (Å²) in [4.78, 5) is 27.4. The lowest BCUT2D eigenvalue weighted by Gasteiger charge is -2.31. The minimum absolute atomic E-state index is 0.0708. The molecule has 3 rings (SSSR count). The first-order chi connectivity index (χ1) is 18.5. The smallest absolute Gasteiger partial charge is 0.264 e. The maximum absolute atomic E-state index is 13.9. The second-order valence-corrected chi connectivity index (χ2v) is 10.7. The summed E-state index contributed by atoms with van der Waals surface area (Å²) in [6.45, 7) is 2.92. The number of anilines is 1. The largest absolute Gasteiger partial charge is 0.493 e. The number of halogens is 1. The van der Waals surface area contributed by atoms with Crippen molar-refractivity contribution in [2.24, 2.45) is 0 Å². The van der Waals surface area contributed by atoms with Gasteiger partial charge in [0.1, 0.15) is 18.4 Å². The molecule has 9 nitrogen and oxygen atoms in total. The molecule has 0 aliphatic rings. The molecule has 208 valence electrons. The van der Waals surface area contributed by atoms with Crippen molar-refractivity contribution in [2.45, 2.75) is 31.3 Å². The van der Waals surface area contributed by atoms with Crippen molar-refractivity contribution in [3.05, 3.63) is 83.7 Å². The predicted molar refractivity (Wildman–Crippen MR) is 146 cm³/mol. The zero-order chi connectivity index (χ0) is 28.7. The van der Waals surface area contributed by atoms with Crippen LogP contribution in [-0.4, -0.2) is 59.0 Å². The highest BCUT2D eigenvalue weighted by atomic mass is 32.2. The molecular formula is C28H32FN3O6S. The summed E-state index contributed by atoms with van der Waals surface area (Å²) in [7, 11) is -0.102. The summed E-state index contributed by atoms with van der Waals surface area (Å²) in [5.41, 5.74) is 1.86. The number of aryl methyl sites for hydroxylation is 1. The van der Waals surface area contributed by atoms with Crippen molar-refractivity contribution in [1.29, 1.82) is 0 Å². The van der Waals surface area contributed by atoms with Gasteiger partial charge in [0.25, 0.3) is 10.0 Å². The van der Waals surface area contributed by atoms with Crippen LogP contribution in [0.15, 0.2) is 71.6 Å². The van der Waals surface area contributed by atoms with Gasteiger partial charge in [-0.1, -0.05) is 29.8 Å². The minimum Gasteiger partial charge on any atom is -0.493 e. The fourth-order valence-electron chi connectivity index (χ4n) is 3.92. The summed E-state index contributed by atoms with van der Waals surface area (Å²) >= 11 is 0. The molecule has 3 aromatic rings. The summed E-state index contributed by atoms with van der Waals surface area (Å²) in [6.07, 6.45) is 0. The van der Waals surface area contributed by atoms with Crippen LogP contribution in [0.1, 0.15) is 18.1 Å². The third kappa shape index (κ3) is 6.85. The molecule has 0 heterocycles. The van der Waals surface area contributed by atoms with Gasteiger partial charge in [0.15, 0.2) is 11.5 Å². The Labute approximate surface area is 228 Å². The quantitative estimate of drug-likeness (QED) is 0.387. The second-order valence-electron chi connectivity index (χ2n) is 8.80. The molecule has 1 atom stereocenters. The number of amides is 2. The van der Waals surface area contributed by atoms with Crippen molar-refractivity contribution in [2.75, 3.05) is 32.1 Å². The van der Waals surface area contributed by atoms with E-state index >= 15 is 0 Å². The lowest BCUT2D eigenvalue weighted by molar-refractivity contribution is -0.139. The first-order valence-corrected chi connectivity index (χ1v) is 13.5. The molecular weight excluding hydrogens is 525 g/mol. The number of nitrogens with one attached hydrogen (secondary N) is 1. The van der Waals surface area contributed by atoms with Gasteiger partial charge in [0.2, 0.25) is 11.8 Å². The molecule has 11 heteroatoms. The van der Waals surface area contributed by atoms with Crippen LogP contribution in [0.3, 0.4) is 0 Å². The van der Waals surface area contributed by atoms with Gasteiger partial charge in [-0.2, -0.15) is 0 Å². The Morgan fingerprint density at radius 3 is 2.13 bits per heavy atom. The topological polar surface area (TPSA) is 105 Å². The number of rotatable bonds is 11. The molecule has 0 bridgehead atoms. The lowest BCUT2D eigenvalue weighted by Crippen LogP contribution is -2.50. The van der Waals surface area contributed by atoms with Gasteiger partial charge in [-0.05, 0) is 55.8 Å². The number of methoxy groups -OCH3 is 2. The average molecular weight is 558 g/mol. The average Bonchev–Trinajstić information content (AvgIpc) is 2.94. The van der Waals surface area contributed by atoms with E-state index in [1.54, 1.807) is 6.92 Å². The standard InChI is InChI=1S/C28H32FN3O6S/c1-19-6-8-21(9-7-19)17-31(20(2)28(34)30-3)27(33)18-32(23-12-10-22(29)11-13-23)39(35,36)24-14-15-25(37-4)26(16-24)38-5/h6-16,20H,17-18H2,1-5H3,(H,30,34)/t20-/m0/s1. The van der Waals surface area contributed by atoms with E-state index in [4.69, 9.17) is 9.47 Å². The summed E-state index contributed by atoms with van der Waals surface area (Å²) in [6, 6.07) is 15.3. The molecule has 0 saturated heterocycles. The van der Waals surface area contributed by atoms with Crippen LogP contribution in [0, 0.1) is 12.7 Å². The van der Waals surface area contributed by atoms with Crippen LogP contribution in [-0.2, 0) is 26.2 Å². The lowest BCUT2D eigenvalue weighted by atomic mass is 10.1. The number of hydrogen-bond acceptors (Lipinski definition) is 6. The van der Waals surface area contributed by atoms with Crippen molar-refractivity contribution in [3.8, 4) is 11.5 Å². The number of carbonyl (C=O) groups excluding carboxylic acids is 2. The normalized spacial score (nSPS) is 11.8. The highest BCUT2D eigenvalue weighted by Gasteiger charge is 2.33. The molecule has 1 N–H and O–H groups in total. The van der Waals surface area contributed by atoms with Crippen molar-refractivity contribution < 1.29 is 31.9 Å². The number of carbonyl (C=O) groups is 2. The van der Waals surface area contributed by atoms with E-state index in [1.165, 1.54) is 56.5 Å². The Balaban J connectivity index is 2.06. The van der Waals surface area contributed by atoms with Gasteiger partial charge in [0.05, 0.1) is 24.8 Å². The first kappa shape index (κ1) is 29.4. The number of likely N-dealkylation sites (N-methyl/N-ethyl adjacent to an activating group) is 1. The van der Waals surface area contributed by atoms with Crippen LogP contribution in [0.4, 0.5) is 10.1 Å². The van der Waals surface area contributed by atoms with Crippen LogP contribution in [0.5, 0.6) is 11.5 Å². The maximum Gasteiger partial charge on any atom is 0.264 e. The van der Waals surface area contributed by atoms with Gasteiger partial charge in [-0.25, -0.2) is 12.8 Å². The van der Waals surface area contributed by atoms with Gasteiger partial charge in [-0.3, -0.25) is 13.9 Å². The van der Waals surface area contributed by atoms with E-state index in [0.717, 1.165) is 27.6 Å². The van der Waals surface area contributed by atoms with Crippen molar-refractivity contribution in [3.63, 3.8) is 0 Å². The Bertz CT molecular complexity index is 1410. The number of ether oxygens (including phenoxy) is 2. The number of hydrogen-bond donors (Lipinski definition) is 1. The molecule has 0 aromatic heterocycles. The number of benzene rings is 3. The zero-order valence-corrected chi connectivity index (χ0v) is 23.3. The maximum atomic E-state index is 13.9. The van der Waals surface area contributed by atoms with E-state index in [9.17, 15) is 22.4 Å². The molecule has 0 unspecified atom stereocenters. The number of nitrogens with zero attached hydrogens (tertiary/aromatic N) is 2. The van der Waals surface area contributed by atoms with E-state index < -0.39 is 40.2 Å². The van der Waals surface area contributed by atoms with Crippen LogP contribution < -0.4 is 19.1 Å². The van der Waals surface area contributed by atoms with Gasteiger partial charge in [-0.15, -0.1) is 0 Å². The Hall–Kier alpha value is -4.12. The third-order valence-electron chi connectivity index (χ3n) is 6.22. The molecule has 0 aliphatic heterocycles. The van der Waals surface area contributed by atoms with Crippen molar-refractivity contribution >= 4 is 27.5 Å². The molecule has 0 fully saturated rings. The van der Waals surface area contributed by atoms with Crippen molar-refractivity contribution in [1.82, 2.24) is 10.2 Å². The highest BCUT2D eigenvalue weighted by Crippen LogP contribution is 2.32. The molecule has 0 radical (unpaired) electrons. The minimum atomic E-state index is -4.36. The van der Waals surface area contributed by atoms with Crippen LogP contribution >= 0.6 is 0 Å². The summed E-state index contributed by atoms with van der Waals surface area (Å²) in [5.74, 6) is -1.10. The van der Waals surface area contributed by atoms with E-state index in [1.807, 2.05) is 31.2 Å². The molecule has 0 aliphatic carbocycles. The SMILES string of the molecule is CNC(=O)[C@H](C)N(Cc1ccc(C)cc1)C(=O)CN(c1ccc(F)cc1)S(=O)(=O)c1ccc(OC)c(OC)c1. The zero-order valence-electron chi connectivity index (χ0n) is 22.5. The van der Waals surface area contributed by atoms with Gasteiger partial charge >= 0.3 is 0 Å². The van der Waals surface area contributed by atoms with E-state index in [-0.39, 0.29) is 22.9 Å². The van der Waals surface area contributed by atoms with Crippen LogP contribution in [0.2, 0.25) is 0 Å². The molecule has 2 amide bonds. The monoisotopic (exact) mass is 557 g/mol. The third-order valence-corrected chi connectivity index (χ3v) is 7.99. The number of sulfonamides is 1. The molecule has 39 heavy (non-hydrogen) atoms. The fourth-order valence-corrected chi connectivity index (χ4v) is 5.35. The van der Waals surface area contributed by atoms with E-state index in [2.05, 4.69) is 5.32 Å². The fraction of sp³-hybridized carbons (Fsp3) is 0.286. The Morgan fingerprint density at radius 1 is 0.949 bits per heavy atom. The second kappa shape index (κ2) is 12.6. The van der Waals surface area contributed by atoms with E-state index in [0.29, 0.717) is 5.75 Å². The molecule has 3 aromatic carbocycles. The summed E-state index contributed by atoms with van der Waals surface area (Å²) < 4.78 is 52.9. The Morgan fingerprint density at radius 2 is 1.56 bits per heavy atom. The van der Waals surface area contributed by atoms with Crippen LogP contribution in [0.25, 0.3) is 0 Å². The summed E-state index contributed by atoms with van der Waals surface area (Å²) in [5, 5.41) is 2.53. The molecule has 0 spiro atoms. The Kier molecular flexibility index (Phi) is 9.52. The molecule has 0 saturated carbocycles. The highest BCUT2D eigenvalue weighted by molar-refractivity contribution is 7.92.